The van der Waals surface area contributed by atoms with Gasteiger partial charge in [-0.25, -0.2) is 9.97 Å². The molecule has 0 radical (unpaired) electrons. The standard InChI is InChI=1S/C18H24N6O/c25-13-16-2-1-7-24(16)18-12-17(20-14-21-18)23-10-8-22(9-11-23)15-3-5-19-6-4-15/h3-6,12,14,16,25H,1-2,7-11,13H2/t16-/m0/s1. The van der Waals surface area contributed by atoms with Crippen LogP contribution in [0.3, 0.4) is 0 Å². The minimum absolute atomic E-state index is 0.184. The fourth-order valence-corrected chi connectivity index (χ4v) is 3.74. The van der Waals surface area contributed by atoms with Crippen molar-refractivity contribution in [3.63, 3.8) is 0 Å². The van der Waals surface area contributed by atoms with Gasteiger partial charge in [0, 0.05) is 56.9 Å². The molecule has 0 aliphatic carbocycles. The van der Waals surface area contributed by atoms with Crippen molar-refractivity contribution in [2.24, 2.45) is 0 Å². The summed E-state index contributed by atoms with van der Waals surface area (Å²) in [6.45, 7) is 4.94. The third-order valence-electron chi connectivity index (χ3n) is 5.15. The molecule has 0 spiro atoms. The summed E-state index contributed by atoms with van der Waals surface area (Å²) in [6.07, 6.45) is 7.46. The first-order valence-electron chi connectivity index (χ1n) is 8.94. The van der Waals surface area contributed by atoms with Crippen LogP contribution in [0.2, 0.25) is 0 Å². The Kier molecular flexibility index (Phi) is 4.65. The number of nitrogens with zero attached hydrogens (tertiary/aromatic N) is 6. The highest BCUT2D eigenvalue weighted by molar-refractivity contribution is 5.53. The van der Waals surface area contributed by atoms with Gasteiger partial charge in [0.1, 0.15) is 18.0 Å². The van der Waals surface area contributed by atoms with Crippen molar-refractivity contribution in [1.29, 1.82) is 0 Å². The van der Waals surface area contributed by atoms with Gasteiger partial charge >= 0.3 is 0 Å². The summed E-state index contributed by atoms with van der Waals surface area (Å²) in [5.41, 5.74) is 1.22. The van der Waals surface area contributed by atoms with Crippen molar-refractivity contribution < 1.29 is 5.11 Å². The van der Waals surface area contributed by atoms with Crippen molar-refractivity contribution in [3.8, 4) is 0 Å². The number of pyridine rings is 1. The highest BCUT2D eigenvalue weighted by Crippen LogP contribution is 2.26. The van der Waals surface area contributed by atoms with Crippen LogP contribution in [0.1, 0.15) is 12.8 Å². The molecular weight excluding hydrogens is 316 g/mol. The molecule has 4 rings (SSSR count). The van der Waals surface area contributed by atoms with Gasteiger partial charge in [-0.15, -0.1) is 0 Å². The third-order valence-corrected chi connectivity index (χ3v) is 5.15. The molecule has 2 aliphatic rings. The molecule has 132 valence electrons. The van der Waals surface area contributed by atoms with E-state index in [0.717, 1.165) is 57.2 Å². The van der Waals surface area contributed by atoms with Crippen LogP contribution in [0.15, 0.2) is 36.9 Å². The molecule has 2 aliphatic heterocycles. The van der Waals surface area contributed by atoms with Crippen LogP contribution in [0, 0.1) is 0 Å². The maximum atomic E-state index is 9.55. The summed E-state index contributed by atoms with van der Waals surface area (Å²) in [4.78, 5) is 19.9. The molecule has 0 saturated carbocycles. The number of hydrogen-bond acceptors (Lipinski definition) is 7. The Labute approximate surface area is 147 Å². The van der Waals surface area contributed by atoms with Crippen LogP contribution < -0.4 is 14.7 Å². The van der Waals surface area contributed by atoms with E-state index in [0.29, 0.717) is 0 Å². The SMILES string of the molecule is OC[C@@H]1CCCN1c1cc(N2CCN(c3ccncc3)CC2)ncn1. The summed E-state index contributed by atoms with van der Waals surface area (Å²) in [5.74, 6) is 1.90. The van der Waals surface area contributed by atoms with E-state index in [-0.39, 0.29) is 12.6 Å². The number of piperazine rings is 1. The molecule has 2 saturated heterocycles. The van der Waals surface area contributed by atoms with Gasteiger partial charge in [-0.1, -0.05) is 0 Å². The molecule has 0 unspecified atom stereocenters. The Morgan fingerprint density at radius 3 is 2.44 bits per heavy atom. The lowest BCUT2D eigenvalue weighted by Crippen LogP contribution is -2.47. The van der Waals surface area contributed by atoms with E-state index in [9.17, 15) is 5.11 Å². The number of anilines is 3. The molecule has 7 nitrogen and oxygen atoms in total. The second-order valence-corrected chi connectivity index (χ2v) is 6.59. The Morgan fingerprint density at radius 1 is 0.960 bits per heavy atom. The molecule has 1 atom stereocenters. The van der Waals surface area contributed by atoms with Crippen LogP contribution in [0.5, 0.6) is 0 Å². The predicted molar refractivity (Wildman–Crippen MR) is 98.1 cm³/mol. The second kappa shape index (κ2) is 7.23. The van der Waals surface area contributed by atoms with E-state index < -0.39 is 0 Å². The lowest BCUT2D eigenvalue weighted by molar-refractivity contribution is 0.266. The number of rotatable bonds is 4. The van der Waals surface area contributed by atoms with E-state index in [2.05, 4.69) is 47.9 Å². The summed E-state index contributed by atoms with van der Waals surface area (Å²) in [5, 5.41) is 9.55. The van der Waals surface area contributed by atoms with E-state index in [4.69, 9.17) is 0 Å². The first kappa shape index (κ1) is 16.1. The largest absolute Gasteiger partial charge is 0.394 e. The van der Waals surface area contributed by atoms with E-state index in [1.165, 1.54) is 5.69 Å². The quantitative estimate of drug-likeness (QED) is 0.896. The van der Waals surface area contributed by atoms with Crippen molar-refractivity contribution >= 4 is 17.3 Å². The van der Waals surface area contributed by atoms with Gasteiger partial charge < -0.3 is 19.8 Å². The fourth-order valence-electron chi connectivity index (χ4n) is 3.74. The Morgan fingerprint density at radius 2 is 1.68 bits per heavy atom. The molecule has 2 fully saturated rings. The molecule has 1 N–H and O–H groups in total. The Hall–Kier alpha value is -2.41. The van der Waals surface area contributed by atoms with Crippen LogP contribution in [-0.2, 0) is 0 Å². The molecule has 2 aromatic heterocycles. The molecule has 7 heteroatoms. The van der Waals surface area contributed by atoms with Crippen molar-refractivity contribution in [3.05, 3.63) is 36.9 Å². The van der Waals surface area contributed by atoms with Gasteiger partial charge in [0.25, 0.3) is 0 Å². The van der Waals surface area contributed by atoms with E-state index >= 15 is 0 Å². The maximum absolute atomic E-state index is 9.55. The van der Waals surface area contributed by atoms with Crippen molar-refractivity contribution in [2.45, 2.75) is 18.9 Å². The average Bonchev–Trinajstić information content (AvgIpc) is 3.18. The molecule has 2 aromatic rings. The third kappa shape index (κ3) is 3.37. The van der Waals surface area contributed by atoms with Crippen LogP contribution in [0.4, 0.5) is 17.3 Å². The monoisotopic (exact) mass is 340 g/mol. The zero-order valence-electron chi connectivity index (χ0n) is 14.3. The molecule has 0 aromatic carbocycles. The first-order valence-corrected chi connectivity index (χ1v) is 8.94. The number of aliphatic hydroxyl groups is 1. The Bertz CT molecular complexity index is 689. The van der Waals surface area contributed by atoms with Gasteiger partial charge in [-0.2, -0.15) is 0 Å². The zero-order valence-corrected chi connectivity index (χ0v) is 14.3. The average molecular weight is 340 g/mol. The smallest absolute Gasteiger partial charge is 0.134 e. The lowest BCUT2D eigenvalue weighted by atomic mass is 10.2. The molecule has 0 amide bonds. The van der Waals surface area contributed by atoms with Crippen molar-refractivity contribution in [1.82, 2.24) is 15.0 Å². The van der Waals surface area contributed by atoms with E-state index in [1.54, 1.807) is 6.33 Å². The van der Waals surface area contributed by atoms with Crippen LogP contribution in [-0.4, -0.2) is 65.4 Å². The van der Waals surface area contributed by atoms with Gasteiger partial charge in [0.05, 0.1) is 12.6 Å². The number of aromatic nitrogens is 3. The van der Waals surface area contributed by atoms with Crippen LogP contribution in [0.25, 0.3) is 0 Å². The van der Waals surface area contributed by atoms with Crippen LogP contribution >= 0.6 is 0 Å². The van der Waals surface area contributed by atoms with Gasteiger partial charge in [0.15, 0.2) is 0 Å². The summed E-state index contributed by atoms with van der Waals surface area (Å²) in [7, 11) is 0. The number of aliphatic hydroxyl groups excluding tert-OH is 1. The topological polar surface area (TPSA) is 68.6 Å². The molecular formula is C18H24N6O. The number of hydrogen-bond donors (Lipinski definition) is 1. The molecule has 0 bridgehead atoms. The van der Waals surface area contributed by atoms with Gasteiger partial charge in [-0.3, -0.25) is 4.98 Å². The second-order valence-electron chi connectivity index (χ2n) is 6.59. The highest BCUT2D eigenvalue weighted by Gasteiger charge is 2.26. The minimum Gasteiger partial charge on any atom is -0.394 e. The van der Waals surface area contributed by atoms with Gasteiger partial charge in [0.2, 0.25) is 0 Å². The normalized spacial score (nSPS) is 21.0. The first-order chi connectivity index (χ1) is 12.3. The van der Waals surface area contributed by atoms with Gasteiger partial charge in [-0.05, 0) is 25.0 Å². The minimum atomic E-state index is 0.184. The van der Waals surface area contributed by atoms with E-state index in [1.807, 2.05) is 12.4 Å². The van der Waals surface area contributed by atoms with Crippen molar-refractivity contribution in [2.75, 3.05) is 54.0 Å². The predicted octanol–water partition coefficient (Wildman–Crippen LogP) is 1.16. The Balaban J connectivity index is 1.44. The maximum Gasteiger partial charge on any atom is 0.134 e. The molecule has 4 heterocycles. The summed E-state index contributed by atoms with van der Waals surface area (Å²) < 4.78 is 0. The summed E-state index contributed by atoms with van der Waals surface area (Å²) >= 11 is 0. The zero-order chi connectivity index (χ0) is 17.1. The molecule has 25 heavy (non-hydrogen) atoms. The lowest BCUT2D eigenvalue weighted by Gasteiger charge is -2.37. The fraction of sp³-hybridized carbons (Fsp3) is 0.500. The highest BCUT2D eigenvalue weighted by atomic mass is 16.3. The summed E-state index contributed by atoms with van der Waals surface area (Å²) in [6, 6.07) is 6.36.